The molecule has 2 aromatic heterocycles. The van der Waals surface area contributed by atoms with Gasteiger partial charge in [-0.25, -0.2) is 22.5 Å². The molecule has 0 saturated carbocycles. The molecule has 0 radical (unpaired) electrons. The second kappa shape index (κ2) is 12.4. The van der Waals surface area contributed by atoms with Crippen LogP contribution >= 0.6 is 7.91 Å². The maximum atomic E-state index is 10.1. The maximum absolute atomic E-state index is 10.1. The third kappa shape index (κ3) is 10.0. The van der Waals surface area contributed by atoms with Crippen molar-refractivity contribution in [3.8, 4) is 0 Å². The second-order valence-corrected chi connectivity index (χ2v) is 6.50. The van der Waals surface area contributed by atoms with Gasteiger partial charge in [0.2, 0.25) is 0 Å². The molecule has 0 aliphatic carbocycles. The Hall–Kier alpha value is -2.02. The average molecular weight is 400 g/mol. The number of nitrogens with zero attached hydrogens (tertiary/aromatic N) is 4. The van der Waals surface area contributed by atoms with Gasteiger partial charge < -0.3 is 14.4 Å². The Morgan fingerprint density at radius 2 is 1.30 bits per heavy atom. The smallest absolute Gasteiger partial charge is 0.260 e. The molecule has 0 spiro atoms. The van der Waals surface area contributed by atoms with Crippen LogP contribution < -0.4 is 18.9 Å². The standard InChI is InChI=1S/2C9H15N2.FH2O3P/c2*1-4-6-9-10(3)7-8-11(9)5-2;1-5(2,3)4/h2*4,7-8H,1,5-6H2,2-3H3;(H2,2,3,4)/q2*+1;/p-2. The third-order valence-electron chi connectivity index (χ3n) is 3.75. The van der Waals surface area contributed by atoms with E-state index in [2.05, 4.69) is 84.2 Å². The number of aromatic nitrogens is 4. The molecule has 0 aliphatic rings. The van der Waals surface area contributed by atoms with Gasteiger partial charge in [-0.15, -0.1) is 13.2 Å². The van der Waals surface area contributed by atoms with Crippen molar-refractivity contribution in [2.24, 2.45) is 14.1 Å². The van der Waals surface area contributed by atoms with E-state index in [9.17, 15) is 4.20 Å². The van der Waals surface area contributed by atoms with Crippen LogP contribution in [0.25, 0.3) is 0 Å². The van der Waals surface area contributed by atoms with Gasteiger partial charge in [-0.3, -0.25) is 0 Å². The van der Waals surface area contributed by atoms with E-state index in [0.717, 1.165) is 25.9 Å². The zero-order chi connectivity index (χ0) is 21.0. The number of rotatable bonds is 6. The summed E-state index contributed by atoms with van der Waals surface area (Å²) in [6.45, 7) is 13.8. The van der Waals surface area contributed by atoms with Gasteiger partial charge in [-0.2, -0.15) is 0 Å². The molecule has 0 amide bonds. The number of hydrogen-bond acceptors (Lipinski definition) is 3. The SMILES string of the molecule is C=CCc1n(CC)cc[n+]1C.C=CCc1n(CC)cc[n+]1C.O=P([O-])([O-])F. The van der Waals surface area contributed by atoms with Gasteiger partial charge in [0, 0.05) is 0 Å². The molecule has 9 heteroatoms. The molecule has 2 rings (SSSR count). The molecule has 0 fully saturated rings. The molecular formula is C18H30FN4O3P. The van der Waals surface area contributed by atoms with Crippen molar-refractivity contribution >= 4 is 7.91 Å². The minimum absolute atomic E-state index is 0.942. The number of hydrogen-bond donors (Lipinski definition) is 0. The van der Waals surface area contributed by atoms with Gasteiger partial charge in [0.1, 0.15) is 32.7 Å². The highest BCUT2D eigenvalue weighted by Crippen LogP contribution is 2.22. The molecule has 2 heterocycles. The van der Waals surface area contributed by atoms with Crippen molar-refractivity contribution in [1.82, 2.24) is 9.13 Å². The fraction of sp³-hybridized carbons (Fsp3) is 0.444. The predicted molar refractivity (Wildman–Crippen MR) is 99.1 cm³/mol. The lowest BCUT2D eigenvalue weighted by Crippen LogP contribution is -2.31. The molecule has 0 unspecified atom stereocenters. The summed E-state index contributed by atoms with van der Waals surface area (Å²) in [6.07, 6.45) is 14.1. The Bertz CT molecular complexity index is 702. The van der Waals surface area contributed by atoms with Crippen molar-refractivity contribution in [3.63, 3.8) is 0 Å². The monoisotopic (exact) mass is 400 g/mol. The first-order chi connectivity index (χ1) is 12.6. The van der Waals surface area contributed by atoms with Gasteiger partial charge in [0.15, 0.2) is 0 Å². The van der Waals surface area contributed by atoms with E-state index in [0.29, 0.717) is 0 Å². The van der Waals surface area contributed by atoms with Crippen molar-refractivity contribution in [1.29, 1.82) is 0 Å². The van der Waals surface area contributed by atoms with Crippen LogP contribution in [0.2, 0.25) is 0 Å². The number of halogens is 1. The molecule has 152 valence electrons. The first kappa shape index (κ1) is 25.0. The molecule has 27 heavy (non-hydrogen) atoms. The summed E-state index contributed by atoms with van der Waals surface area (Å²) in [6, 6.07) is 0. The highest BCUT2D eigenvalue weighted by molar-refractivity contribution is 7.42. The summed E-state index contributed by atoms with van der Waals surface area (Å²) >= 11 is 0. The van der Waals surface area contributed by atoms with Gasteiger partial charge in [-0.1, -0.05) is 12.2 Å². The normalized spacial score (nSPS) is 10.3. The summed E-state index contributed by atoms with van der Waals surface area (Å²) in [5, 5.41) is 0. The van der Waals surface area contributed by atoms with E-state index in [-0.39, 0.29) is 0 Å². The Balaban J connectivity index is 0.000000405. The fourth-order valence-electron chi connectivity index (χ4n) is 2.47. The highest BCUT2D eigenvalue weighted by atomic mass is 31.2. The van der Waals surface area contributed by atoms with E-state index in [1.165, 1.54) is 11.6 Å². The lowest BCUT2D eigenvalue weighted by Gasteiger charge is -2.15. The number of aryl methyl sites for hydroxylation is 4. The minimum Gasteiger partial charge on any atom is -0.786 e. The maximum Gasteiger partial charge on any atom is 0.260 e. The van der Waals surface area contributed by atoms with Gasteiger partial charge in [0.05, 0.1) is 40.0 Å². The van der Waals surface area contributed by atoms with Gasteiger partial charge >= 0.3 is 0 Å². The van der Waals surface area contributed by atoms with Crippen molar-refractivity contribution in [2.75, 3.05) is 0 Å². The topological polar surface area (TPSA) is 80.8 Å². The highest BCUT2D eigenvalue weighted by Gasteiger charge is 2.10. The Morgan fingerprint density at radius 1 is 1.00 bits per heavy atom. The molecule has 0 aromatic carbocycles. The van der Waals surface area contributed by atoms with E-state index >= 15 is 0 Å². The van der Waals surface area contributed by atoms with Crippen LogP contribution in [-0.4, -0.2) is 9.13 Å². The average Bonchev–Trinajstić information content (AvgIpc) is 3.11. The van der Waals surface area contributed by atoms with Gasteiger partial charge in [0.25, 0.3) is 11.6 Å². The molecule has 7 nitrogen and oxygen atoms in total. The molecule has 0 bridgehead atoms. The predicted octanol–water partition coefficient (Wildman–Crippen LogP) is 0.907. The molecule has 0 N–H and O–H groups in total. The van der Waals surface area contributed by atoms with E-state index in [4.69, 9.17) is 14.4 Å². The molecule has 0 aliphatic heterocycles. The summed E-state index contributed by atoms with van der Waals surface area (Å²) in [7, 11) is -1.52. The fourth-order valence-corrected chi connectivity index (χ4v) is 2.47. The zero-order valence-electron chi connectivity index (χ0n) is 16.5. The van der Waals surface area contributed by atoms with Crippen LogP contribution in [-0.2, 0) is 44.6 Å². The van der Waals surface area contributed by atoms with Crippen LogP contribution in [0.4, 0.5) is 4.20 Å². The molecule has 0 saturated heterocycles. The van der Waals surface area contributed by atoms with Crippen LogP contribution in [0.15, 0.2) is 50.1 Å². The van der Waals surface area contributed by atoms with E-state index < -0.39 is 7.91 Å². The van der Waals surface area contributed by atoms with Crippen LogP contribution in [0, 0.1) is 0 Å². The first-order valence-corrected chi connectivity index (χ1v) is 10.0. The van der Waals surface area contributed by atoms with Crippen molar-refractivity contribution < 1.29 is 27.7 Å². The minimum atomic E-state index is -5.64. The second-order valence-electron chi connectivity index (χ2n) is 5.64. The van der Waals surface area contributed by atoms with Crippen molar-refractivity contribution in [2.45, 2.75) is 39.8 Å². The summed E-state index contributed by atoms with van der Waals surface area (Å²) in [4.78, 5) is 16.9. The Morgan fingerprint density at radius 3 is 1.52 bits per heavy atom. The lowest BCUT2D eigenvalue weighted by atomic mass is 10.4. The summed E-state index contributed by atoms with van der Waals surface area (Å²) in [5.74, 6) is 2.62. The van der Waals surface area contributed by atoms with E-state index in [1.807, 2.05) is 12.2 Å². The largest absolute Gasteiger partial charge is 0.786 e. The van der Waals surface area contributed by atoms with Crippen molar-refractivity contribution in [3.05, 3.63) is 61.7 Å². The Labute approximate surface area is 161 Å². The quantitative estimate of drug-likeness (QED) is 0.411. The Kier molecular flexibility index (Phi) is 11.5. The van der Waals surface area contributed by atoms with Crippen LogP contribution in [0.5, 0.6) is 0 Å². The van der Waals surface area contributed by atoms with E-state index in [1.54, 1.807) is 0 Å². The third-order valence-corrected chi connectivity index (χ3v) is 3.75. The number of allylic oxidation sites excluding steroid dienone is 2. The summed E-state index contributed by atoms with van der Waals surface area (Å²) < 4.78 is 27.3. The van der Waals surface area contributed by atoms with Crippen LogP contribution in [0.1, 0.15) is 25.5 Å². The number of imidazole rings is 2. The van der Waals surface area contributed by atoms with Crippen LogP contribution in [0.3, 0.4) is 0 Å². The lowest BCUT2D eigenvalue weighted by molar-refractivity contribution is -0.678. The molecule has 2 aromatic rings. The molecule has 0 atom stereocenters. The first-order valence-electron chi connectivity index (χ1n) is 8.59. The zero-order valence-corrected chi connectivity index (χ0v) is 17.4. The summed E-state index contributed by atoms with van der Waals surface area (Å²) in [5.41, 5.74) is 0. The molecular weight excluding hydrogens is 370 g/mol. The van der Waals surface area contributed by atoms with Gasteiger partial charge in [-0.05, 0) is 13.8 Å².